The Labute approximate surface area is 100 Å². The molecular formula is C14H16FNO. The monoisotopic (exact) mass is 233 g/mol. The summed E-state index contributed by atoms with van der Waals surface area (Å²) in [6, 6.07) is 5.93. The van der Waals surface area contributed by atoms with E-state index in [2.05, 4.69) is 5.32 Å². The third-order valence-electron chi connectivity index (χ3n) is 4.15. The van der Waals surface area contributed by atoms with E-state index in [1.165, 1.54) is 12.1 Å². The van der Waals surface area contributed by atoms with Crippen LogP contribution in [0.1, 0.15) is 23.2 Å². The highest BCUT2D eigenvalue weighted by Gasteiger charge is 2.40. The molecule has 1 aromatic carbocycles. The molecule has 3 rings (SSSR count). The highest BCUT2D eigenvalue weighted by atomic mass is 19.1. The lowest BCUT2D eigenvalue weighted by Crippen LogP contribution is -2.17. The topological polar surface area (TPSA) is 29.1 Å². The van der Waals surface area contributed by atoms with Crippen LogP contribution in [0.15, 0.2) is 24.3 Å². The van der Waals surface area contributed by atoms with Crippen LogP contribution in [0.2, 0.25) is 0 Å². The van der Waals surface area contributed by atoms with E-state index in [1.54, 1.807) is 12.1 Å². The lowest BCUT2D eigenvalue weighted by Gasteiger charge is -2.10. The van der Waals surface area contributed by atoms with Gasteiger partial charge in [0.05, 0.1) is 0 Å². The number of hydrogen-bond acceptors (Lipinski definition) is 2. The predicted octanol–water partition coefficient (Wildman–Crippen LogP) is 2.25. The number of Topliss-reactive ketones (excluding diaryl/α,β-unsaturated/α-hetero) is 1. The summed E-state index contributed by atoms with van der Waals surface area (Å²) in [5.41, 5.74) is 0.657. The van der Waals surface area contributed by atoms with Crippen molar-refractivity contribution < 1.29 is 9.18 Å². The van der Waals surface area contributed by atoms with Crippen molar-refractivity contribution in [2.75, 3.05) is 13.1 Å². The Morgan fingerprint density at radius 1 is 1.12 bits per heavy atom. The van der Waals surface area contributed by atoms with E-state index >= 15 is 0 Å². The van der Waals surface area contributed by atoms with Crippen LogP contribution in [0, 0.1) is 23.6 Å². The number of fused-ring (bicyclic) bond motifs is 1. The molecule has 2 fully saturated rings. The van der Waals surface area contributed by atoms with E-state index in [0.29, 0.717) is 17.4 Å². The zero-order chi connectivity index (χ0) is 11.8. The van der Waals surface area contributed by atoms with Crippen molar-refractivity contribution in [2.45, 2.75) is 12.8 Å². The Morgan fingerprint density at radius 3 is 2.29 bits per heavy atom. The molecule has 3 heteroatoms. The van der Waals surface area contributed by atoms with Gasteiger partial charge in [-0.1, -0.05) is 0 Å². The summed E-state index contributed by atoms with van der Waals surface area (Å²) in [6.07, 6.45) is 1.99. The minimum atomic E-state index is -0.283. The van der Waals surface area contributed by atoms with E-state index in [0.717, 1.165) is 25.9 Å². The van der Waals surface area contributed by atoms with Gasteiger partial charge in [-0.3, -0.25) is 4.79 Å². The van der Waals surface area contributed by atoms with Crippen LogP contribution in [0.5, 0.6) is 0 Å². The van der Waals surface area contributed by atoms with Crippen molar-refractivity contribution in [3.63, 3.8) is 0 Å². The maximum absolute atomic E-state index is 12.8. The minimum absolute atomic E-state index is 0.151. The number of halogens is 1. The smallest absolute Gasteiger partial charge is 0.165 e. The molecule has 1 unspecified atom stereocenters. The van der Waals surface area contributed by atoms with Gasteiger partial charge in [-0.05, 0) is 62.0 Å². The van der Waals surface area contributed by atoms with Gasteiger partial charge in [0.2, 0.25) is 0 Å². The van der Waals surface area contributed by atoms with Crippen molar-refractivity contribution >= 4 is 5.78 Å². The summed E-state index contributed by atoms with van der Waals surface area (Å²) in [7, 11) is 0. The SMILES string of the molecule is O=C(c1ccc(F)cc1)C1C[C@H]2CNC[C@H]2C1. The Kier molecular flexibility index (Phi) is 2.71. The first-order valence-corrected chi connectivity index (χ1v) is 6.24. The van der Waals surface area contributed by atoms with E-state index in [1.807, 2.05) is 0 Å². The molecule has 2 nitrogen and oxygen atoms in total. The van der Waals surface area contributed by atoms with Crippen molar-refractivity contribution in [3.8, 4) is 0 Å². The fourth-order valence-corrected chi connectivity index (χ4v) is 3.23. The number of ketones is 1. The van der Waals surface area contributed by atoms with Gasteiger partial charge in [0.25, 0.3) is 0 Å². The van der Waals surface area contributed by atoms with Crippen molar-refractivity contribution in [1.29, 1.82) is 0 Å². The molecule has 1 aromatic rings. The third-order valence-corrected chi connectivity index (χ3v) is 4.15. The van der Waals surface area contributed by atoms with Crippen LogP contribution in [0.4, 0.5) is 4.39 Å². The van der Waals surface area contributed by atoms with Crippen LogP contribution in [0.25, 0.3) is 0 Å². The number of benzene rings is 1. The van der Waals surface area contributed by atoms with Gasteiger partial charge in [0, 0.05) is 11.5 Å². The molecule has 3 atom stereocenters. The van der Waals surface area contributed by atoms with Crippen LogP contribution in [-0.4, -0.2) is 18.9 Å². The zero-order valence-corrected chi connectivity index (χ0v) is 9.66. The molecule has 0 bridgehead atoms. The van der Waals surface area contributed by atoms with Crippen molar-refractivity contribution in [1.82, 2.24) is 5.32 Å². The molecule has 1 saturated heterocycles. The van der Waals surface area contributed by atoms with E-state index < -0.39 is 0 Å². The molecule has 0 radical (unpaired) electrons. The molecule has 2 aliphatic rings. The maximum atomic E-state index is 12.8. The molecule has 1 N–H and O–H groups in total. The van der Waals surface area contributed by atoms with E-state index in [-0.39, 0.29) is 17.5 Å². The first-order chi connectivity index (χ1) is 8.24. The molecule has 1 aliphatic carbocycles. The second-order valence-corrected chi connectivity index (χ2v) is 5.22. The second-order valence-electron chi connectivity index (χ2n) is 5.22. The normalized spacial score (nSPS) is 31.5. The molecule has 90 valence electrons. The maximum Gasteiger partial charge on any atom is 0.165 e. The van der Waals surface area contributed by atoms with Crippen LogP contribution in [-0.2, 0) is 0 Å². The highest BCUT2D eigenvalue weighted by molar-refractivity contribution is 5.98. The quantitative estimate of drug-likeness (QED) is 0.794. The minimum Gasteiger partial charge on any atom is -0.316 e. The Bertz CT molecular complexity index is 416. The summed E-state index contributed by atoms with van der Waals surface area (Å²) in [4.78, 5) is 12.2. The zero-order valence-electron chi connectivity index (χ0n) is 9.66. The molecule has 1 saturated carbocycles. The summed E-state index contributed by atoms with van der Waals surface area (Å²) < 4.78 is 12.8. The average molecular weight is 233 g/mol. The predicted molar refractivity (Wildman–Crippen MR) is 63.3 cm³/mol. The molecule has 1 aliphatic heterocycles. The highest BCUT2D eigenvalue weighted by Crippen LogP contribution is 2.39. The average Bonchev–Trinajstić information content (AvgIpc) is 2.89. The van der Waals surface area contributed by atoms with E-state index in [9.17, 15) is 9.18 Å². The number of hydrogen-bond donors (Lipinski definition) is 1. The number of nitrogens with one attached hydrogen (secondary N) is 1. The lowest BCUT2D eigenvalue weighted by molar-refractivity contribution is 0.0917. The van der Waals surface area contributed by atoms with Gasteiger partial charge >= 0.3 is 0 Å². The fourth-order valence-electron chi connectivity index (χ4n) is 3.23. The molecule has 17 heavy (non-hydrogen) atoms. The van der Waals surface area contributed by atoms with Gasteiger partial charge in [0.1, 0.15) is 5.82 Å². The van der Waals surface area contributed by atoms with E-state index in [4.69, 9.17) is 0 Å². The Balaban J connectivity index is 1.73. The first kappa shape index (κ1) is 10.9. The summed E-state index contributed by atoms with van der Waals surface area (Å²) >= 11 is 0. The van der Waals surface area contributed by atoms with Gasteiger partial charge in [-0.15, -0.1) is 0 Å². The first-order valence-electron chi connectivity index (χ1n) is 6.24. The fraction of sp³-hybridized carbons (Fsp3) is 0.500. The Hall–Kier alpha value is -1.22. The van der Waals surface area contributed by atoms with Crippen LogP contribution >= 0.6 is 0 Å². The number of carbonyl (C=O) groups is 1. The number of carbonyl (C=O) groups excluding carboxylic acids is 1. The van der Waals surface area contributed by atoms with Gasteiger partial charge < -0.3 is 5.32 Å². The van der Waals surface area contributed by atoms with Gasteiger partial charge in [-0.2, -0.15) is 0 Å². The molecule has 1 heterocycles. The van der Waals surface area contributed by atoms with Gasteiger partial charge in [-0.25, -0.2) is 4.39 Å². The molecule has 0 spiro atoms. The molecule has 0 amide bonds. The van der Waals surface area contributed by atoms with Crippen molar-refractivity contribution in [3.05, 3.63) is 35.6 Å². The summed E-state index contributed by atoms with van der Waals surface area (Å²) in [5, 5.41) is 3.37. The molecular weight excluding hydrogens is 217 g/mol. The van der Waals surface area contributed by atoms with Crippen molar-refractivity contribution in [2.24, 2.45) is 17.8 Å². The molecule has 0 aromatic heterocycles. The third kappa shape index (κ3) is 2.00. The summed E-state index contributed by atoms with van der Waals surface area (Å²) in [5.74, 6) is 1.40. The largest absolute Gasteiger partial charge is 0.316 e. The second kappa shape index (κ2) is 4.22. The van der Waals surface area contributed by atoms with Crippen LogP contribution < -0.4 is 5.32 Å². The Morgan fingerprint density at radius 2 is 1.71 bits per heavy atom. The summed E-state index contributed by atoms with van der Waals surface area (Å²) in [6.45, 7) is 2.11. The standard InChI is InChI=1S/C14H16FNO/c15-13-3-1-9(2-4-13)14(17)10-5-11-7-16-8-12(11)6-10/h1-4,10-12,16H,5-8H2/t10?,11-,12+. The lowest BCUT2D eigenvalue weighted by atomic mass is 9.95. The number of rotatable bonds is 2. The van der Waals surface area contributed by atoms with Crippen LogP contribution in [0.3, 0.4) is 0 Å². The van der Waals surface area contributed by atoms with Gasteiger partial charge in [0.15, 0.2) is 5.78 Å².